The van der Waals surface area contributed by atoms with Crippen molar-refractivity contribution in [3.05, 3.63) is 24.3 Å². The molecule has 0 aromatic carbocycles. The first-order chi connectivity index (χ1) is 6.83. The summed E-state index contributed by atoms with van der Waals surface area (Å²) in [6.07, 6.45) is 16.5. The molecule has 3 atom stereocenters. The van der Waals surface area contributed by atoms with E-state index in [1.165, 1.54) is 32.1 Å². The molecule has 1 nitrogen and oxygen atoms in total. The van der Waals surface area contributed by atoms with Gasteiger partial charge in [-0.1, -0.05) is 37.1 Å². The molecule has 0 aromatic heterocycles. The molecule has 2 fully saturated rings. The van der Waals surface area contributed by atoms with Gasteiger partial charge in [0.25, 0.3) is 0 Å². The number of hydrogen-bond donors (Lipinski definition) is 0. The van der Waals surface area contributed by atoms with Crippen molar-refractivity contribution in [2.24, 2.45) is 10.8 Å². The molecule has 0 amide bonds. The quantitative estimate of drug-likeness (QED) is 0.617. The number of ether oxygens (including phenoxy) is 1. The van der Waals surface area contributed by atoms with E-state index in [0.717, 1.165) is 0 Å². The van der Waals surface area contributed by atoms with Gasteiger partial charge in [0, 0.05) is 17.9 Å². The summed E-state index contributed by atoms with van der Waals surface area (Å²) in [5, 5.41) is 0. The molecule has 0 bridgehead atoms. The van der Waals surface area contributed by atoms with Gasteiger partial charge in [0.1, 0.15) is 0 Å². The summed E-state index contributed by atoms with van der Waals surface area (Å²) in [5.41, 5.74) is 0.843. The monoisotopic (exact) mass is 190 g/mol. The maximum Gasteiger partial charge on any atom is 0.0679 e. The molecule has 0 spiro atoms. The van der Waals surface area contributed by atoms with Crippen LogP contribution in [0.5, 0.6) is 0 Å². The number of hydrogen-bond acceptors (Lipinski definition) is 1. The van der Waals surface area contributed by atoms with Gasteiger partial charge in [0.05, 0.1) is 6.10 Å². The van der Waals surface area contributed by atoms with Crippen LogP contribution in [-0.2, 0) is 4.74 Å². The van der Waals surface area contributed by atoms with E-state index in [9.17, 15) is 0 Å². The Balaban J connectivity index is 2.00. The van der Waals surface area contributed by atoms with E-state index in [0.29, 0.717) is 16.9 Å². The van der Waals surface area contributed by atoms with Crippen LogP contribution in [0.1, 0.15) is 32.1 Å². The zero-order valence-corrected chi connectivity index (χ0v) is 8.83. The summed E-state index contributed by atoms with van der Waals surface area (Å²) in [6, 6.07) is 0. The minimum atomic E-state index is 0.370. The lowest BCUT2D eigenvalue weighted by Gasteiger charge is -2.65. The highest BCUT2D eigenvalue weighted by molar-refractivity contribution is 5.34. The van der Waals surface area contributed by atoms with Gasteiger partial charge >= 0.3 is 0 Å². The van der Waals surface area contributed by atoms with Gasteiger partial charge in [-0.25, -0.2) is 0 Å². The molecule has 0 N–H and O–H groups in total. The predicted molar refractivity (Wildman–Crippen MR) is 57.0 cm³/mol. The second-order valence-electron chi connectivity index (χ2n) is 5.05. The minimum Gasteiger partial charge on any atom is -0.380 e. The van der Waals surface area contributed by atoms with Crippen LogP contribution < -0.4 is 0 Å². The molecule has 3 aliphatic rings. The van der Waals surface area contributed by atoms with Crippen molar-refractivity contribution in [1.29, 1.82) is 0 Å². The number of allylic oxidation sites excluding steroid dienone is 3. The zero-order valence-electron chi connectivity index (χ0n) is 8.83. The molecule has 3 rings (SSSR count). The lowest BCUT2D eigenvalue weighted by molar-refractivity contribution is -0.174. The third-order valence-corrected chi connectivity index (χ3v) is 4.72. The van der Waals surface area contributed by atoms with Gasteiger partial charge in [-0.15, -0.1) is 0 Å². The summed E-state index contributed by atoms with van der Waals surface area (Å²) >= 11 is 0. The summed E-state index contributed by atoms with van der Waals surface area (Å²) in [7, 11) is 1.87. The number of rotatable bonds is 1. The molecular weight excluding hydrogens is 172 g/mol. The Kier molecular flexibility index (Phi) is 1.70. The van der Waals surface area contributed by atoms with Crippen molar-refractivity contribution >= 4 is 0 Å². The molecule has 0 radical (unpaired) electrons. The third-order valence-electron chi connectivity index (χ3n) is 4.72. The fraction of sp³-hybridized carbons (Fsp3) is 0.692. The predicted octanol–water partition coefficient (Wildman–Crippen LogP) is 3.08. The Labute approximate surface area is 85.8 Å². The maximum atomic E-state index is 5.63. The molecule has 0 unspecified atom stereocenters. The SMILES string of the molecule is CO[C@H]1C[C@]23C=CC=C[C@@]12CCCC3. The average molecular weight is 190 g/mol. The van der Waals surface area contributed by atoms with Gasteiger partial charge in [-0.2, -0.15) is 0 Å². The fourth-order valence-corrected chi connectivity index (χ4v) is 3.92. The highest BCUT2D eigenvalue weighted by atomic mass is 16.5. The summed E-state index contributed by atoms with van der Waals surface area (Å²) < 4.78 is 5.63. The van der Waals surface area contributed by atoms with Crippen LogP contribution in [0, 0.1) is 10.8 Å². The van der Waals surface area contributed by atoms with E-state index >= 15 is 0 Å². The van der Waals surface area contributed by atoms with E-state index < -0.39 is 0 Å². The van der Waals surface area contributed by atoms with Crippen molar-refractivity contribution in [2.75, 3.05) is 7.11 Å². The lowest BCUT2D eigenvalue weighted by atomic mass is 9.41. The largest absolute Gasteiger partial charge is 0.380 e. The molecule has 2 saturated carbocycles. The molecule has 3 aliphatic carbocycles. The normalized spacial score (nSPS) is 49.4. The molecule has 0 aliphatic heterocycles. The Morgan fingerprint density at radius 3 is 2.79 bits per heavy atom. The van der Waals surface area contributed by atoms with Gasteiger partial charge in [0.15, 0.2) is 0 Å². The van der Waals surface area contributed by atoms with E-state index in [4.69, 9.17) is 4.74 Å². The molecular formula is C13H18O. The van der Waals surface area contributed by atoms with Crippen molar-refractivity contribution in [2.45, 2.75) is 38.2 Å². The van der Waals surface area contributed by atoms with Gasteiger partial charge in [-0.3, -0.25) is 0 Å². The smallest absolute Gasteiger partial charge is 0.0679 e. The summed E-state index contributed by atoms with van der Waals surface area (Å²) in [6.45, 7) is 0. The second-order valence-corrected chi connectivity index (χ2v) is 5.05. The Bertz CT molecular complexity index is 304. The molecule has 1 heteroatoms. The molecule has 0 saturated heterocycles. The van der Waals surface area contributed by atoms with Crippen LogP contribution in [0.2, 0.25) is 0 Å². The van der Waals surface area contributed by atoms with Crippen LogP contribution in [0.15, 0.2) is 24.3 Å². The van der Waals surface area contributed by atoms with Crippen LogP contribution in [0.4, 0.5) is 0 Å². The highest BCUT2D eigenvalue weighted by Crippen LogP contribution is 2.67. The average Bonchev–Trinajstić information content (AvgIpc) is 2.21. The topological polar surface area (TPSA) is 9.23 Å². The van der Waals surface area contributed by atoms with Crippen LogP contribution in [-0.4, -0.2) is 13.2 Å². The van der Waals surface area contributed by atoms with Crippen molar-refractivity contribution in [1.82, 2.24) is 0 Å². The first kappa shape index (κ1) is 8.72. The molecule has 0 heterocycles. The van der Waals surface area contributed by atoms with Crippen molar-refractivity contribution < 1.29 is 4.74 Å². The lowest BCUT2D eigenvalue weighted by Crippen LogP contribution is -2.62. The highest BCUT2D eigenvalue weighted by Gasteiger charge is 2.63. The Morgan fingerprint density at radius 1 is 1.14 bits per heavy atom. The van der Waals surface area contributed by atoms with Crippen LogP contribution in [0.25, 0.3) is 0 Å². The first-order valence-electron chi connectivity index (χ1n) is 5.73. The maximum absolute atomic E-state index is 5.63. The van der Waals surface area contributed by atoms with Gasteiger partial charge < -0.3 is 4.74 Å². The van der Waals surface area contributed by atoms with E-state index in [-0.39, 0.29) is 0 Å². The first-order valence-corrected chi connectivity index (χ1v) is 5.73. The minimum absolute atomic E-state index is 0.370. The van der Waals surface area contributed by atoms with E-state index in [1.807, 2.05) is 7.11 Å². The summed E-state index contributed by atoms with van der Waals surface area (Å²) in [5.74, 6) is 0. The summed E-state index contributed by atoms with van der Waals surface area (Å²) in [4.78, 5) is 0. The molecule has 14 heavy (non-hydrogen) atoms. The zero-order chi connectivity index (χ0) is 9.65. The van der Waals surface area contributed by atoms with Gasteiger partial charge in [-0.05, 0) is 19.3 Å². The molecule has 76 valence electrons. The van der Waals surface area contributed by atoms with E-state index in [2.05, 4.69) is 24.3 Å². The van der Waals surface area contributed by atoms with E-state index in [1.54, 1.807) is 0 Å². The number of methoxy groups -OCH3 is 1. The standard InChI is InChI=1S/C13H18O/c1-14-11-10-12-6-2-4-8-13(11,12)9-5-3-7-12/h2,4,6,8,11H,3,5,7,9-10H2,1H3/t11-,12+,13+/m0/s1. The van der Waals surface area contributed by atoms with Crippen molar-refractivity contribution in [3.8, 4) is 0 Å². The Morgan fingerprint density at radius 2 is 1.93 bits per heavy atom. The second kappa shape index (κ2) is 2.73. The molecule has 0 aromatic rings. The Hall–Kier alpha value is -0.560. The van der Waals surface area contributed by atoms with Crippen molar-refractivity contribution in [3.63, 3.8) is 0 Å². The van der Waals surface area contributed by atoms with Gasteiger partial charge in [0.2, 0.25) is 0 Å². The van der Waals surface area contributed by atoms with Crippen LogP contribution in [0.3, 0.4) is 0 Å². The van der Waals surface area contributed by atoms with Crippen LogP contribution >= 0.6 is 0 Å². The third kappa shape index (κ3) is 0.802. The fourth-order valence-electron chi connectivity index (χ4n) is 3.92.